The number of imidazole rings is 1. The topological polar surface area (TPSA) is 60.9 Å². The fraction of sp³-hybridized carbons (Fsp3) is 0.0909. The number of nitrogens with two attached hydrogens (primary N) is 1. The number of hydrogen-bond acceptors (Lipinski definition) is 3. The van der Waals surface area contributed by atoms with E-state index in [0.717, 1.165) is 27.3 Å². The molecule has 3 aromatic carbocycles. The Labute approximate surface area is 172 Å². The molecular weight excluding hydrogens is 390 g/mol. The average molecular weight is 408 g/mol. The summed E-state index contributed by atoms with van der Waals surface area (Å²) in [5.74, 6) is -0.396. The van der Waals surface area contributed by atoms with Crippen LogP contribution in [0.5, 0.6) is 0 Å². The molecule has 0 aliphatic carbocycles. The van der Waals surface area contributed by atoms with E-state index >= 15 is 0 Å². The van der Waals surface area contributed by atoms with E-state index < -0.39 is 11.2 Å². The second-order valence-electron chi connectivity index (χ2n) is 6.41. The van der Waals surface area contributed by atoms with Crippen molar-refractivity contribution in [2.24, 2.45) is 5.73 Å². The molecule has 0 saturated carbocycles. The van der Waals surface area contributed by atoms with Gasteiger partial charge in [0.1, 0.15) is 5.25 Å². The first-order chi connectivity index (χ1) is 13.6. The molecule has 1 aromatic heterocycles. The maximum atomic E-state index is 12.2. The number of carbonyl (C=O) groups excluding carboxylic acids is 1. The zero-order valence-electron chi connectivity index (χ0n) is 15.0. The zero-order valence-corrected chi connectivity index (χ0v) is 16.5. The van der Waals surface area contributed by atoms with Crippen LogP contribution in [0.2, 0.25) is 5.02 Å². The van der Waals surface area contributed by atoms with Crippen LogP contribution in [0, 0.1) is 0 Å². The lowest BCUT2D eigenvalue weighted by atomic mass is 10.1. The second kappa shape index (κ2) is 8.09. The summed E-state index contributed by atoms with van der Waals surface area (Å²) in [7, 11) is 0. The van der Waals surface area contributed by atoms with E-state index in [9.17, 15) is 4.79 Å². The number of benzene rings is 3. The van der Waals surface area contributed by atoms with Gasteiger partial charge in [-0.3, -0.25) is 4.79 Å². The lowest BCUT2D eigenvalue weighted by Gasteiger charge is -2.15. The molecule has 1 heterocycles. The first-order valence-electron chi connectivity index (χ1n) is 8.82. The minimum atomic E-state index is -0.525. The predicted molar refractivity (Wildman–Crippen MR) is 115 cm³/mol. The normalized spacial score (nSPS) is 12.2. The van der Waals surface area contributed by atoms with Crippen LogP contribution < -0.4 is 5.73 Å². The molecule has 0 spiro atoms. The SMILES string of the molecule is NC(=O)[C@H](Sc1nc2cc(Cl)ccc2n1Cc1ccccc1)c1ccccc1. The molecule has 4 rings (SSSR count). The van der Waals surface area contributed by atoms with Crippen LogP contribution in [0.4, 0.5) is 0 Å². The van der Waals surface area contributed by atoms with E-state index in [4.69, 9.17) is 22.3 Å². The number of primary amides is 1. The summed E-state index contributed by atoms with van der Waals surface area (Å²) in [4.78, 5) is 16.9. The van der Waals surface area contributed by atoms with Crippen molar-refractivity contribution >= 4 is 40.3 Å². The Bertz CT molecular complexity index is 1110. The smallest absolute Gasteiger partial charge is 0.235 e. The van der Waals surface area contributed by atoms with Crippen molar-refractivity contribution in [2.45, 2.75) is 17.0 Å². The van der Waals surface area contributed by atoms with Crippen molar-refractivity contribution in [1.82, 2.24) is 9.55 Å². The van der Waals surface area contributed by atoms with Crippen LogP contribution in [-0.2, 0) is 11.3 Å². The number of halogens is 1. The third-order valence-corrected chi connectivity index (χ3v) is 5.94. The number of rotatable bonds is 6. The summed E-state index contributed by atoms with van der Waals surface area (Å²) in [6.07, 6.45) is 0. The van der Waals surface area contributed by atoms with E-state index in [1.54, 1.807) is 0 Å². The molecule has 2 N–H and O–H groups in total. The number of hydrogen-bond donors (Lipinski definition) is 1. The third-order valence-electron chi connectivity index (χ3n) is 4.44. The van der Waals surface area contributed by atoms with E-state index in [1.807, 2.05) is 66.7 Å². The first-order valence-corrected chi connectivity index (χ1v) is 10.1. The maximum Gasteiger partial charge on any atom is 0.235 e. The molecule has 0 saturated heterocycles. The van der Waals surface area contributed by atoms with Crippen LogP contribution in [-0.4, -0.2) is 15.5 Å². The van der Waals surface area contributed by atoms with Gasteiger partial charge in [-0.1, -0.05) is 84.0 Å². The van der Waals surface area contributed by atoms with Gasteiger partial charge < -0.3 is 10.3 Å². The first kappa shape index (κ1) is 18.6. The summed E-state index contributed by atoms with van der Waals surface area (Å²) in [6.45, 7) is 0.640. The minimum Gasteiger partial charge on any atom is -0.368 e. The lowest BCUT2D eigenvalue weighted by molar-refractivity contribution is -0.117. The fourth-order valence-corrected chi connectivity index (χ4v) is 4.34. The summed E-state index contributed by atoms with van der Waals surface area (Å²) in [5, 5.41) is 0.833. The van der Waals surface area contributed by atoms with E-state index in [-0.39, 0.29) is 0 Å². The van der Waals surface area contributed by atoms with Gasteiger partial charge in [0.15, 0.2) is 5.16 Å². The third kappa shape index (κ3) is 3.91. The fourth-order valence-electron chi connectivity index (χ4n) is 3.11. The van der Waals surface area contributed by atoms with Crippen LogP contribution in [0.25, 0.3) is 11.0 Å². The Hall–Kier alpha value is -2.76. The molecule has 0 unspecified atom stereocenters. The van der Waals surface area contributed by atoms with Crippen molar-refractivity contribution < 1.29 is 4.79 Å². The van der Waals surface area contributed by atoms with Gasteiger partial charge in [0.25, 0.3) is 0 Å². The molecule has 6 heteroatoms. The highest BCUT2D eigenvalue weighted by atomic mass is 35.5. The Morgan fingerprint density at radius 3 is 2.39 bits per heavy atom. The van der Waals surface area contributed by atoms with Gasteiger partial charge in [-0.05, 0) is 29.3 Å². The summed E-state index contributed by atoms with van der Waals surface area (Å²) in [5.41, 5.74) is 9.48. The lowest BCUT2D eigenvalue weighted by Crippen LogP contribution is -2.19. The number of carbonyl (C=O) groups is 1. The van der Waals surface area contributed by atoms with Crippen LogP contribution in [0.3, 0.4) is 0 Å². The number of nitrogens with zero attached hydrogens (tertiary/aromatic N) is 2. The van der Waals surface area contributed by atoms with Crippen molar-refractivity contribution in [3.8, 4) is 0 Å². The molecule has 28 heavy (non-hydrogen) atoms. The van der Waals surface area contributed by atoms with Gasteiger partial charge in [-0.15, -0.1) is 0 Å². The van der Waals surface area contributed by atoms with Gasteiger partial charge in [0.05, 0.1) is 17.6 Å². The van der Waals surface area contributed by atoms with Gasteiger partial charge in [0.2, 0.25) is 5.91 Å². The minimum absolute atomic E-state index is 0.396. The van der Waals surface area contributed by atoms with Gasteiger partial charge in [-0.2, -0.15) is 0 Å². The highest BCUT2D eigenvalue weighted by Gasteiger charge is 2.23. The average Bonchev–Trinajstić information content (AvgIpc) is 3.03. The van der Waals surface area contributed by atoms with Gasteiger partial charge in [0, 0.05) is 5.02 Å². The molecule has 4 aromatic rings. The number of fused-ring (bicyclic) bond motifs is 1. The van der Waals surface area contributed by atoms with Crippen LogP contribution >= 0.6 is 23.4 Å². The molecule has 1 amide bonds. The number of thioether (sulfide) groups is 1. The van der Waals surface area contributed by atoms with E-state index in [0.29, 0.717) is 11.6 Å². The second-order valence-corrected chi connectivity index (χ2v) is 7.92. The molecular formula is C22H18ClN3OS. The molecule has 4 nitrogen and oxygen atoms in total. The molecule has 1 atom stereocenters. The number of aromatic nitrogens is 2. The Kier molecular flexibility index (Phi) is 5.37. The Morgan fingerprint density at radius 1 is 1.04 bits per heavy atom. The molecule has 0 fully saturated rings. The molecule has 0 radical (unpaired) electrons. The monoisotopic (exact) mass is 407 g/mol. The molecule has 0 aliphatic heterocycles. The summed E-state index contributed by atoms with van der Waals surface area (Å²) < 4.78 is 2.10. The maximum absolute atomic E-state index is 12.2. The quantitative estimate of drug-likeness (QED) is 0.454. The molecule has 140 valence electrons. The summed E-state index contributed by atoms with van der Waals surface area (Å²) >= 11 is 7.52. The van der Waals surface area contributed by atoms with E-state index in [1.165, 1.54) is 11.8 Å². The zero-order chi connectivity index (χ0) is 19.5. The standard InChI is InChI=1S/C22H18ClN3OS/c23-17-11-12-19-18(13-17)25-22(26(19)14-15-7-3-1-4-8-15)28-20(21(24)27)16-9-5-2-6-10-16/h1-13,20H,14H2,(H2,24,27)/t20-/m1/s1. The van der Waals surface area contributed by atoms with Crippen molar-refractivity contribution in [3.05, 3.63) is 95.0 Å². The highest BCUT2D eigenvalue weighted by Crippen LogP contribution is 2.37. The Balaban J connectivity index is 1.78. The Morgan fingerprint density at radius 2 is 1.71 bits per heavy atom. The van der Waals surface area contributed by atoms with E-state index in [2.05, 4.69) is 16.7 Å². The number of amides is 1. The largest absolute Gasteiger partial charge is 0.368 e. The molecule has 0 bridgehead atoms. The van der Waals surface area contributed by atoms with Gasteiger partial charge >= 0.3 is 0 Å². The van der Waals surface area contributed by atoms with Crippen molar-refractivity contribution in [2.75, 3.05) is 0 Å². The predicted octanol–water partition coefficient (Wildman–Crippen LogP) is 5.06. The molecule has 0 aliphatic rings. The highest BCUT2D eigenvalue weighted by molar-refractivity contribution is 8.00. The van der Waals surface area contributed by atoms with Crippen LogP contribution in [0.1, 0.15) is 16.4 Å². The van der Waals surface area contributed by atoms with Crippen molar-refractivity contribution in [3.63, 3.8) is 0 Å². The summed E-state index contributed by atoms with van der Waals surface area (Å²) in [6, 6.07) is 25.3. The van der Waals surface area contributed by atoms with Crippen molar-refractivity contribution in [1.29, 1.82) is 0 Å². The van der Waals surface area contributed by atoms with Gasteiger partial charge in [-0.25, -0.2) is 4.98 Å². The van der Waals surface area contributed by atoms with Crippen LogP contribution in [0.15, 0.2) is 84.0 Å².